The first-order valence-electron chi connectivity index (χ1n) is 12.6. The van der Waals surface area contributed by atoms with Gasteiger partial charge in [0.2, 0.25) is 0 Å². The van der Waals surface area contributed by atoms with Gasteiger partial charge in [0.1, 0.15) is 5.75 Å². The molecule has 0 unspecified atom stereocenters. The maximum Gasteiger partial charge on any atom is 0.119 e. The van der Waals surface area contributed by atoms with Crippen molar-refractivity contribution in [3.63, 3.8) is 0 Å². The van der Waals surface area contributed by atoms with Gasteiger partial charge in [-0.2, -0.15) is 0 Å². The Kier molecular flexibility index (Phi) is 8.95. The molecule has 3 heterocycles. The molecule has 2 N–H and O–H groups in total. The fourth-order valence-electron chi connectivity index (χ4n) is 5.17. The molecule has 1 aliphatic rings. The van der Waals surface area contributed by atoms with Gasteiger partial charge in [-0.1, -0.05) is 11.6 Å². The smallest absolute Gasteiger partial charge is 0.119 e. The Hall–Kier alpha value is -2.25. The van der Waals surface area contributed by atoms with Gasteiger partial charge in [-0.25, -0.2) is 0 Å². The number of likely N-dealkylation sites (tertiary alicyclic amines) is 1. The third-order valence-corrected chi connectivity index (χ3v) is 7.84. The summed E-state index contributed by atoms with van der Waals surface area (Å²) in [5, 5.41) is 22.7. The van der Waals surface area contributed by atoms with Crippen molar-refractivity contribution in [2.24, 2.45) is 5.41 Å². The van der Waals surface area contributed by atoms with Crippen molar-refractivity contribution in [2.45, 2.75) is 51.0 Å². The molecule has 4 rings (SSSR count). The molecular formula is C28H36ClN3O3. The first kappa shape index (κ1) is 25.8. The van der Waals surface area contributed by atoms with Crippen molar-refractivity contribution in [2.75, 3.05) is 33.4 Å². The Balaban J connectivity index is 1.30. The Bertz CT molecular complexity index is 1090. The topological polar surface area (TPSA) is 78.7 Å². The zero-order chi connectivity index (χ0) is 24.7. The van der Waals surface area contributed by atoms with Gasteiger partial charge >= 0.3 is 0 Å². The van der Waals surface area contributed by atoms with Gasteiger partial charge in [0.15, 0.2) is 0 Å². The van der Waals surface area contributed by atoms with Gasteiger partial charge in [0.05, 0.1) is 23.8 Å². The van der Waals surface area contributed by atoms with Crippen molar-refractivity contribution < 1.29 is 14.9 Å². The second kappa shape index (κ2) is 12.1. The molecule has 0 radical (unpaired) electrons. The normalized spacial score (nSPS) is 16.9. The van der Waals surface area contributed by atoms with Crippen LogP contribution in [0.3, 0.4) is 0 Å². The van der Waals surface area contributed by atoms with Crippen molar-refractivity contribution >= 4 is 22.5 Å². The highest BCUT2D eigenvalue weighted by Gasteiger charge is 2.34. The van der Waals surface area contributed by atoms with Crippen LogP contribution < -0.4 is 4.74 Å². The molecule has 188 valence electrons. The number of aliphatic hydroxyl groups is 2. The molecule has 0 amide bonds. The highest BCUT2D eigenvalue weighted by molar-refractivity contribution is 6.32. The Morgan fingerprint density at radius 3 is 2.63 bits per heavy atom. The van der Waals surface area contributed by atoms with Crippen molar-refractivity contribution in [3.05, 3.63) is 65.1 Å². The van der Waals surface area contributed by atoms with Crippen LogP contribution in [0.15, 0.2) is 48.9 Å². The van der Waals surface area contributed by atoms with E-state index in [0.29, 0.717) is 22.8 Å². The van der Waals surface area contributed by atoms with Crippen molar-refractivity contribution in [1.82, 2.24) is 14.9 Å². The van der Waals surface area contributed by atoms with Crippen LogP contribution in [0.25, 0.3) is 10.9 Å². The fourth-order valence-corrected chi connectivity index (χ4v) is 5.45. The molecule has 0 saturated carbocycles. The lowest BCUT2D eigenvalue weighted by atomic mass is 9.74. The van der Waals surface area contributed by atoms with E-state index in [0.717, 1.165) is 56.2 Å². The number of pyridine rings is 2. The summed E-state index contributed by atoms with van der Waals surface area (Å²) in [6.07, 6.45) is 11.2. The molecule has 1 fully saturated rings. The summed E-state index contributed by atoms with van der Waals surface area (Å²) in [6, 6.07) is 9.78. The average Bonchev–Trinajstić information content (AvgIpc) is 2.90. The van der Waals surface area contributed by atoms with Gasteiger partial charge in [0.25, 0.3) is 0 Å². The third kappa shape index (κ3) is 6.50. The molecule has 0 bridgehead atoms. The zero-order valence-corrected chi connectivity index (χ0v) is 21.3. The molecule has 7 heteroatoms. The summed E-state index contributed by atoms with van der Waals surface area (Å²) >= 11 is 6.48. The van der Waals surface area contributed by atoms with Crippen LogP contribution in [-0.4, -0.2) is 58.4 Å². The number of ether oxygens (including phenoxy) is 1. The van der Waals surface area contributed by atoms with Gasteiger partial charge in [-0.15, -0.1) is 0 Å². The SMILES string of the molecule is COc1ccc2ncc(Cl)c([C@H](O)CCC3(CO)CCN(CCCCc4ccncc4)CC3)c2c1. The molecule has 6 nitrogen and oxygen atoms in total. The predicted octanol–water partition coefficient (Wildman–Crippen LogP) is 5.20. The molecule has 0 spiro atoms. The minimum Gasteiger partial charge on any atom is -0.497 e. The van der Waals surface area contributed by atoms with Crippen molar-refractivity contribution in [3.8, 4) is 5.75 Å². The van der Waals surface area contributed by atoms with E-state index in [4.69, 9.17) is 16.3 Å². The number of piperidine rings is 1. The Morgan fingerprint density at radius 1 is 1.14 bits per heavy atom. The van der Waals surface area contributed by atoms with E-state index in [2.05, 4.69) is 27.0 Å². The maximum atomic E-state index is 11.1. The van der Waals surface area contributed by atoms with Crippen LogP contribution >= 0.6 is 11.6 Å². The summed E-state index contributed by atoms with van der Waals surface area (Å²) in [6.45, 7) is 3.22. The van der Waals surface area contributed by atoms with Gasteiger partial charge in [-0.3, -0.25) is 9.97 Å². The molecule has 1 aromatic carbocycles. The minimum absolute atomic E-state index is 0.147. The van der Waals surface area contributed by atoms with E-state index in [1.165, 1.54) is 18.4 Å². The lowest BCUT2D eigenvalue weighted by Crippen LogP contribution is -2.42. The quantitative estimate of drug-likeness (QED) is 0.354. The van der Waals surface area contributed by atoms with E-state index in [9.17, 15) is 10.2 Å². The molecule has 35 heavy (non-hydrogen) atoms. The van der Waals surface area contributed by atoms with Gasteiger partial charge < -0.3 is 19.8 Å². The summed E-state index contributed by atoms with van der Waals surface area (Å²) in [5.74, 6) is 0.704. The molecule has 2 aromatic heterocycles. The number of rotatable bonds is 11. The molecular weight excluding hydrogens is 462 g/mol. The predicted molar refractivity (Wildman–Crippen MR) is 140 cm³/mol. The third-order valence-electron chi connectivity index (χ3n) is 7.54. The largest absolute Gasteiger partial charge is 0.497 e. The number of aliphatic hydroxyl groups excluding tert-OH is 2. The van der Waals surface area contributed by atoms with E-state index in [1.54, 1.807) is 13.3 Å². The zero-order valence-electron chi connectivity index (χ0n) is 20.5. The van der Waals surface area contributed by atoms with Crippen LogP contribution in [0.2, 0.25) is 5.02 Å². The average molecular weight is 498 g/mol. The molecule has 3 aromatic rings. The highest BCUT2D eigenvalue weighted by atomic mass is 35.5. The van der Waals surface area contributed by atoms with E-state index >= 15 is 0 Å². The van der Waals surface area contributed by atoms with E-state index in [1.807, 2.05) is 30.6 Å². The number of nitrogens with zero attached hydrogens (tertiary/aromatic N) is 3. The number of halogens is 1. The number of aromatic nitrogens is 2. The summed E-state index contributed by atoms with van der Waals surface area (Å²) in [4.78, 5) is 11.0. The monoisotopic (exact) mass is 497 g/mol. The van der Waals surface area contributed by atoms with Crippen LogP contribution in [0, 0.1) is 5.41 Å². The summed E-state index contributed by atoms with van der Waals surface area (Å²) in [7, 11) is 1.62. The molecule has 1 saturated heterocycles. The summed E-state index contributed by atoms with van der Waals surface area (Å²) in [5.41, 5.74) is 2.66. The van der Waals surface area contributed by atoms with Crippen LogP contribution in [0.1, 0.15) is 55.8 Å². The van der Waals surface area contributed by atoms with Gasteiger partial charge in [0, 0.05) is 36.1 Å². The second-order valence-corrected chi connectivity index (χ2v) is 10.2. The van der Waals surface area contributed by atoms with Crippen LogP contribution in [0.4, 0.5) is 0 Å². The lowest BCUT2D eigenvalue weighted by Gasteiger charge is -2.41. The first-order valence-corrected chi connectivity index (χ1v) is 12.9. The Labute approximate surface area is 212 Å². The van der Waals surface area contributed by atoms with Crippen LogP contribution in [0.5, 0.6) is 5.75 Å². The number of hydrogen-bond acceptors (Lipinski definition) is 6. The number of hydrogen-bond donors (Lipinski definition) is 2. The lowest BCUT2D eigenvalue weighted by molar-refractivity contribution is 0.0233. The maximum absolute atomic E-state index is 11.1. The number of benzene rings is 1. The number of fused-ring (bicyclic) bond motifs is 1. The van der Waals surface area contributed by atoms with Gasteiger partial charge in [-0.05, 0) is 106 Å². The van der Waals surface area contributed by atoms with E-state index < -0.39 is 6.10 Å². The number of aryl methyl sites for hydroxylation is 1. The fraction of sp³-hybridized carbons (Fsp3) is 0.500. The first-order chi connectivity index (χ1) is 17.0. The number of unbranched alkanes of at least 4 members (excludes halogenated alkanes) is 1. The van der Waals surface area contributed by atoms with Crippen molar-refractivity contribution in [1.29, 1.82) is 0 Å². The molecule has 0 aliphatic carbocycles. The highest BCUT2D eigenvalue weighted by Crippen LogP contribution is 2.40. The minimum atomic E-state index is -0.727. The molecule has 1 aliphatic heterocycles. The van der Waals surface area contributed by atoms with Crippen LogP contribution in [-0.2, 0) is 6.42 Å². The van der Waals surface area contributed by atoms with E-state index in [-0.39, 0.29) is 12.0 Å². The molecule has 1 atom stereocenters. The Morgan fingerprint density at radius 2 is 1.91 bits per heavy atom. The second-order valence-electron chi connectivity index (χ2n) is 9.77. The standard InChI is InChI=1S/C28H36ClN3O3/c1-35-22-5-6-25-23(18-22)27(24(29)19-31-25)26(34)7-10-28(20-33)11-16-32(17-12-28)15-3-2-4-21-8-13-30-14-9-21/h5-6,8-9,13-14,18-19,26,33-34H,2-4,7,10-12,15-17,20H2,1H3/t26-/m1/s1. The summed E-state index contributed by atoms with van der Waals surface area (Å²) < 4.78 is 5.36. The number of methoxy groups -OCH3 is 1.